The molecule has 1 saturated heterocycles. The zero-order valence-corrected chi connectivity index (χ0v) is 15.8. The number of aliphatic hydroxyl groups is 1. The molecule has 5 nitrogen and oxygen atoms in total. The summed E-state index contributed by atoms with van der Waals surface area (Å²) in [5, 5.41) is 10.7. The van der Waals surface area contributed by atoms with Crippen molar-refractivity contribution in [2.75, 3.05) is 19.8 Å². The van der Waals surface area contributed by atoms with Crippen LogP contribution in [0.4, 0.5) is 0 Å². The van der Waals surface area contributed by atoms with Crippen LogP contribution in [0.15, 0.2) is 36.4 Å². The summed E-state index contributed by atoms with van der Waals surface area (Å²) >= 11 is 0. The molecule has 144 valence electrons. The highest BCUT2D eigenvalue weighted by atomic mass is 16.5. The number of ether oxygens (including phenoxy) is 1. The van der Waals surface area contributed by atoms with Gasteiger partial charge >= 0.3 is 0 Å². The van der Waals surface area contributed by atoms with Gasteiger partial charge in [-0.2, -0.15) is 0 Å². The lowest BCUT2D eigenvalue weighted by atomic mass is 9.98. The van der Waals surface area contributed by atoms with Crippen LogP contribution < -0.4 is 4.74 Å². The number of aldehydes is 1. The van der Waals surface area contributed by atoms with Gasteiger partial charge in [0.25, 0.3) is 0 Å². The van der Waals surface area contributed by atoms with Crippen LogP contribution >= 0.6 is 0 Å². The van der Waals surface area contributed by atoms with E-state index < -0.39 is 0 Å². The van der Waals surface area contributed by atoms with E-state index in [0.717, 1.165) is 72.0 Å². The lowest BCUT2D eigenvalue weighted by Gasteiger charge is -2.21. The third kappa shape index (κ3) is 3.01. The lowest BCUT2D eigenvalue weighted by molar-refractivity contribution is 0.112. The molecule has 28 heavy (non-hydrogen) atoms. The Labute approximate surface area is 163 Å². The predicted octanol–water partition coefficient (Wildman–Crippen LogP) is 3.54. The second-order valence-corrected chi connectivity index (χ2v) is 7.82. The van der Waals surface area contributed by atoms with Crippen LogP contribution in [-0.2, 0) is 13.0 Å². The molecule has 0 bridgehead atoms. The molecule has 2 N–H and O–H groups in total. The molecule has 0 spiro atoms. The second kappa shape index (κ2) is 7.08. The molecule has 2 aromatic carbocycles. The van der Waals surface area contributed by atoms with Crippen molar-refractivity contribution in [2.24, 2.45) is 0 Å². The number of nitrogens with zero attached hydrogens (tertiary/aromatic N) is 1. The molecule has 3 heterocycles. The maximum absolute atomic E-state index is 11.5. The van der Waals surface area contributed by atoms with Crippen molar-refractivity contribution >= 4 is 17.2 Å². The molecule has 3 aromatic rings. The van der Waals surface area contributed by atoms with Crippen molar-refractivity contribution in [1.82, 2.24) is 9.88 Å². The minimum atomic E-state index is 0.228. The molecule has 1 aromatic heterocycles. The summed E-state index contributed by atoms with van der Waals surface area (Å²) < 4.78 is 5.61. The van der Waals surface area contributed by atoms with Crippen molar-refractivity contribution < 1.29 is 14.6 Å². The molecule has 1 unspecified atom stereocenters. The monoisotopic (exact) mass is 376 g/mol. The van der Waals surface area contributed by atoms with Crippen LogP contribution in [0.25, 0.3) is 22.0 Å². The van der Waals surface area contributed by atoms with E-state index in [2.05, 4.69) is 40.2 Å². The van der Waals surface area contributed by atoms with Crippen molar-refractivity contribution in [3.8, 4) is 16.9 Å². The predicted molar refractivity (Wildman–Crippen MR) is 109 cm³/mol. The SMILES string of the molecule is O=Cc1cc(-c2ccc3[nH]c(CN4CCCC4CO)cc3c2)cc2c1OCC2. The summed E-state index contributed by atoms with van der Waals surface area (Å²) in [6.07, 6.45) is 3.95. The number of aromatic nitrogens is 1. The van der Waals surface area contributed by atoms with Gasteiger partial charge in [0.15, 0.2) is 6.29 Å². The summed E-state index contributed by atoms with van der Waals surface area (Å²) in [4.78, 5) is 17.3. The minimum Gasteiger partial charge on any atom is -0.492 e. The number of aromatic amines is 1. The number of H-pyrrole nitrogens is 1. The fourth-order valence-corrected chi connectivity index (χ4v) is 4.58. The first kappa shape index (κ1) is 17.5. The van der Waals surface area contributed by atoms with Crippen LogP contribution in [-0.4, -0.2) is 47.1 Å². The Bertz CT molecular complexity index is 1040. The number of likely N-dealkylation sites (tertiary alicyclic amines) is 1. The van der Waals surface area contributed by atoms with E-state index in [1.54, 1.807) is 0 Å². The van der Waals surface area contributed by atoms with Gasteiger partial charge in [-0.3, -0.25) is 9.69 Å². The molecule has 0 radical (unpaired) electrons. The Morgan fingerprint density at radius 2 is 2.14 bits per heavy atom. The number of benzene rings is 2. The zero-order chi connectivity index (χ0) is 19.1. The van der Waals surface area contributed by atoms with Crippen LogP contribution in [0.3, 0.4) is 0 Å². The van der Waals surface area contributed by atoms with Gasteiger partial charge in [0, 0.05) is 35.6 Å². The fraction of sp³-hybridized carbons (Fsp3) is 0.348. The fourth-order valence-electron chi connectivity index (χ4n) is 4.58. The minimum absolute atomic E-state index is 0.228. The van der Waals surface area contributed by atoms with E-state index in [-0.39, 0.29) is 12.6 Å². The molecule has 5 rings (SSSR count). The van der Waals surface area contributed by atoms with Crippen molar-refractivity contribution in [1.29, 1.82) is 0 Å². The number of rotatable bonds is 5. The zero-order valence-electron chi connectivity index (χ0n) is 15.8. The third-order valence-electron chi connectivity index (χ3n) is 6.03. The van der Waals surface area contributed by atoms with Gasteiger partial charge in [0.2, 0.25) is 0 Å². The smallest absolute Gasteiger partial charge is 0.153 e. The first-order valence-electron chi connectivity index (χ1n) is 9.97. The summed E-state index contributed by atoms with van der Waals surface area (Å²) in [7, 11) is 0. The van der Waals surface area contributed by atoms with Crippen molar-refractivity contribution in [3.05, 3.63) is 53.2 Å². The van der Waals surface area contributed by atoms with Crippen molar-refractivity contribution in [2.45, 2.75) is 31.8 Å². The number of carbonyl (C=O) groups excluding carboxylic acids is 1. The van der Waals surface area contributed by atoms with Gasteiger partial charge in [-0.1, -0.05) is 6.07 Å². The molecule has 2 aliphatic heterocycles. The molecular formula is C23H24N2O3. The highest BCUT2D eigenvalue weighted by Crippen LogP contribution is 2.35. The Morgan fingerprint density at radius 1 is 1.21 bits per heavy atom. The average molecular weight is 376 g/mol. The Morgan fingerprint density at radius 3 is 3.00 bits per heavy atom. The van der Waals surface area contributed by atoms with Crippen molar-refractivity contribution in [3.63, 3.8) is 0 Å². The van der Waals surface area contributed by atoms with Crippen LogP contribution in [0.5, 0.6) is 5.75 Å². The molecule has 0 saturated carbocycles. The quantitative estimate of drug-likeness (QED) is 0.669. The lowest BCUT2D eigenvalue weighted by Crippen LogP contribution is -2.31. The Hall–Kier alpha value is -2.63. The molecule has 2 aliphatic rings. The standard InChI is InChI=1S/C23H24N2O3/c26-13-19-10-17(9-16-5-7-28-23(16)19)15-3-4-22-18(8-15)11-20(24-22)12-25-6-1-2-21(25)14-27/h3-4,8-11,13,21,24,27H,1-2,5-7,12,14H2. The van der Waals surface area contributed by atoms with E-state index in [4.69, 9.17) is 4.74 Å². The van der Waals surface area contributed by atoms with Gasteiger partial charge in [-0.25, -0.2) is 0 Å². The third-order valence-corrected chi connectivity index (χ3v) is 6.03. The van der Waals surface area contributed by atoms with Gasteiger partial charge in [0.1, 0.15) is 5.75 Å². The molecule has 1 fully saturated rings. The summed E-state index contributed by atoms with van der Waals surface area (Å²) in [5.41, 5.74) is 6.17. The Kier molecular flexibility index (Phi) is 4.41. The van der Waals surface area contributed by atoms with Gasteiger partial charge in [0.05, 0.1) is 18.8 Å². The molecule has 5 heteroatoms. The van der Waals surface area contributed by atoms with Gasteiger partial charge in [-0.15, -0.1) is 0 Å². The maximum Gasteiger partial charge on any atom is 0.153 e. The van der Waals surface area contributed by atoms with E-state index >= 15 is 0 Å². The van der Waals surface area contributed by atoms with Gasteiger partial charge < -0.3 is 14.8 Å². The molecule has 1 atom stereocenters. The largest absolute Gasteiger partial charge is 0.492 e. The first-order chi connectivity index (χ1) is 13.7. The maximum atomic E-state index is 11.5. The molecule has 0 aliphatic carbocycles. The topological polar surface area (TPSA) is 65.6 Å². The number of aliphatic hydroxyl groups excluding tert-OH is 1. The van der Waals surface area contributed by atoms with Crippen LogP contribution in [0.1, 0.15) is 34.5 Å². The highest BCUT2D eigenvalue weighted by molar-refractivity contribution is 5.89. The highest BCUT2D eigenvalue weighted by Gasteiger charge is 2.24. The number of hydrogen-bond donors (Lipinski definition) is 2. The second-order valence-electron chi connectivity index (χ2n) is 7.82. The van der Waals surface area contributed by atoms with E-state index in [0.29, 0.717) is 12.2 Å². The molecule has 0 amide bonds. The van der Waals surface area contributed by atoms with E-state index in [1.807, 2.05) is 6.07 Å². The van der Waals surface area contributed by atoms with Gasteiger partial charge in [-0.05, 0) is 66.4 Å². The summed E-state index contributed by atoms with van der Waals surface area (Å²) in [6, 6.07) is 12.9. The number of fused-ring (bicyclic) bond motifs is 2. The summed E-state index contributed by atoms with van der Waals surface area (Å²) in [5.74, 6) is 0.743. The van der Waals surface area contributed by atoms with E-state index in [9.17, 15) is 9.90 Å². The van der Waals surface area contributed by atoms with Crippen LogP contribution in [0, 0.1) is 0 Å². The number of hydrogen-bond acceptors (Lipinski definition) is 4. The normalized spacial score (nSPS) is 19.1. The van der Waals surface area contributed by atoms with Crippen LogP contribution in [0.2, 0.25) is 0 Å². The molecular weight excluding hydrogens is 352 g/mol. The number of nitrogens with one attached hydrogen (secondary N) is 1. The number of carbonyl (C=O) groups is 1. The first-order valence-corrected chi connectivity index (χ1v) is 9.97. The Balaban J connectivity index is 1.46. The summed E-state index contributed by atoms with van der Waals surface area (Å²) in [6.45, 7) is 2.74. The average Bonchev–Trinajstić information content (AvgIpc) is 3.45. The van der Waals surface area contributed by atoms with E-state index in [1.165, 1.54) is 5.69 Å².